The molecule has 0 unspecified atom stereocenters. The molecular weight excluding hydrogens is 396 g/mol. The van der Waals surface area contributed by atoms with Crippen LogP contribution in [0.5, 0.6) is 0 Å². The van der Waals surface area contributed by atoms with Crippen LogP contribution in [0.2, 0.25) is 19.6 Å². The number of alkyl halides is 6. The zero-order chi connectivity index (χ0) is 21.2. The lowest BCUT2D eigenvalue weighted by atomic mass is 10.1. The van der Waals surface area contributed by atoms with Crippen LogP contribution in [-0.4, -0.2) is 13.8 Å². The van der Waals surface area contributed by atoms with Crippen LogP contribution in [-0.2, 0) is 12.4 Å². The van der Waals surface area contributed by atoms with Gasteiger partial charge in [0.2, 0.25) is 0 Å². The number of hydrogen-bond donors (Lipinski definition) is 0. The molecule has 0 aliphatic carbocycles. The van der Waals surface area contributed by atoms with Crippen molar-refractivity contribution in [3.8, 4) is 11.5 Å². The monoisotopic (exact) mass is 413 g/mol. The Kier molecular flexibility index (Phi) is 6.09. The second kappa shape index (κ2) is 7.84. The molecule has 2 aromatic rings. The van der Waals surface area contributed by atoms with E-state index in [-0.39, 0.29) is 11.4 Å². The lowest BCUT2D eigenvalue weighted by molar-refractivity contribution is -0.138. The van der Waals surface area contributed by atoms with Crippen LogP contribution in [0.1, 0.15) is 16.7 Å². The molecule has 0 aliphatic rings. The molecule has 0 saturated heterocycles. The first-order chi connectivity index (χ1) is 12.8. The van der Waals surface area contributed by atoms with E-state index in [1.807, 2.05) is 19.6 Å². The number of benzene rings is 2. The summed E-state index contributed by atoms with van der Waals surface area (Å²) in [4.78, 5) is 4.26. The third-order valence-electron chi connectivity index (χ3n) is 3.48. The Morgan fingerprint density at radius 1 is 0.750 bits per heavy atom. The maximum Gasteiger partial charge on any atom is 0.416 e. The van der Waals surface area contributed by atoms with Gasteiger partial charge in [-0.15, -0.1) is 5.54 Å². The molecule has 0 aromatic heterocycles. The molecule has 8 heteroatoms. The minimum atomic E-state index is -4.47. The van der Waals surface area contributed by atoms with Gasteiger partial charge in [-0.25, -0.2) is 4.99 Å². The van der Waals surface area contributed by atoms with E-state index in [1.165, 1.54) is 24.3 Å². The molecule has 2 rings (SSSR count). The summed E-state index contributed by atoms with van der Waals surface area (Å²) in [5, 5.41) is 0. The summed E-state index contributed by atoms with van der Waals surface area (Å²) < 4.78 is 76.3. The predicted molar refractivity (Wildman–Crippen MR) is 100 cm³/mol. The quantitative estimate of drug-likeness (QED) is 0.224. The standard InChI is InChI=1S/C20H17F6NSi/c1-28(2,3)13-12-18(14-4-6-15(7-5-14)19(21,22)23)27-17-10-8-16(9-11-17)20(24,25)26/h4-11H,1-3H3. The van der Waals surface area contributed by atoms with Crippen LogP contribution in [0.4, 0.5) is 32.0 Å². The van der Waals surface area contributed by atoms with Crippen molar-refractivity contribution in [3.05, 3.63) is 65.2 Å². The van der Waals surface area contributed by atoms with Crippen molar-refractivity contribution < 1.29 is 26.3 Å². The number of nitrogens with zero attached hydrogens (tertiary/aromatic N) is 1. The van der Waals surface area contributed by atoms with E-state index in [0.717, 1.165) is 24.3 Å². The highest BCUT2D eigenvalue weighted by molar-refractivity contribution is 6.84. The van der Waals surface area contributed by atoms with Gasteiger partial charge >= 0.3 is 12.4 Å². The van der Waals surface area contributed by atoms with Crippen molar-refractivity contribution in [1.82, 2.24) is 0 Å². The summed E-state index contributed by atoms with van der Waals surface area (Å²) in [7, 11) is -1.82. The average molecular weight is 413 g/mol. The highest BCUT2D eigenvalue weighted by Gasteiger charge is 2.30. The van der Waals surface area contributed by atoms with Gasteiger partial charge in [0, 0.05) is 5.56 Å². The van der Waals surface area contributed by atoms with Gasteiger partial charge in [-0.05, 0) is 36.4 Å². The second-order valence-corrected chi connectivity index (χ2v) is 11.8. The van der Waals surface area contributed by atoms with E-state index in [2.05, 4.69) is 16.5 Å². The molecule has 148 valence electrons. The average Bonchev–Trinajstić information content (AvgIpc) is 2.57. The van der Waals surface area contributed by atoms with Crippen molar-refractivity contribution in [2.45, 2.75) is 32.0 Å². The first kappa shape index (κ1) is 21.8. The smallest absolute Gasteiger partial charge is 0.239 e. The van der Waals surface area contributed by atoms with Gasteiger partial charge in [0.15, 0.2) is 0 Å². The fraction of sp³-hybridized carbons (Fsp3) is 0.250. The minimum Gasteiger partial charge on any atom is -0.239 e. The van der Waals surface area contributed by atoms with Crippen LogP contribution < -0.4 is 0 Å². The first-order valence-corrected chi connectivity index (χ1v) is 11.7. The summed E-state index contributed by atoms with van der Waals surface area (Å²) in [6.07, 6.45) is -8.93. The van der Waals surface area contributed by atoms with Crippen molar-refractivity contribution in [2.75, 3.05) is 0 Å². The molecule has 0 atom stereocenters. The molecule has 2 aromatic carbocycles. The normalized spacial score (nSPS) is 13.1. The van der Waals surface area contributed by atoms with E-state index in [0.29, 0.717) is 5.56 Å². The van der Waals surface area contributed by atoms with Crippen molar-refractivity contribution in [3.63, 3.8) is 0 Å². The van der Waals surface area contributed by atoms with Crippen LogP contribution in [0, 0.1) is 11.5 Å². The van der Waals surface area contributed by atoms with Crippen molar-refractivity contribution in [1.29, 1.82) is 0 Å². The number of aliphatic imine (C=N–C) groups is 1. The molecule has 0 heterocycles. The highest BCUT2D eigenvalue weighted by Crippen LogP contribution is 2.31. The summed E-state index contributed by atoms with van der Waals surface area (Å²) in [6, 6.07) is 8.55. The molecular formula is C20H17F6NSi. The van der Waals surface area contributed by atoms with Crippen LogP contribution >= 0.6 is 0 Å². The van der Waals surface area contributed by atoms with E-state index >= 15 is 0 Å². The SMILES string of the molecule is C[Si](C)(C)C#CC(=Nc1ccc(C(F)(F)F)cc1)c1ccc(C(F)(F)F)cc1. The first-order valence-electron chi connectivity index (χ1n) is 8.22. The molecule has 0 radical (unpaired) electrons. The Labute approximate surface area is 160 Å². The van der Waals surface area contributed by atoms with Gasteiger partial charge in [0.05, 0.1) is 16.8 Å². The number of hydrogen-bond acceptors (Lipinski definition) is 1. The third-order valence-corrected chi connectivity index (χ3v) is 4.35. The van der Waals surface area contributed by atoms with E-state index in [9.17, 15) is 26.3 Å². The summed E-state index contributed by atoms with van der Waals surface area (Å²) in [5.74, 6) is 2.89. The predicted octanol–water partition coefficient (Wildman–Crippen LogP) is 6.73. The molecule has 0 spiro atoms. The zero-order valence-electron chi connectivity index (χ0n) is 15.3. The van der Waals surface area contributed by atoms with E-state index < -0.39 is 31.6 Å². The highest BCUT2D eigenvalue weighted by atomic mass is 28.3. The van der Waals surface area contributed by atoms with Gasteiger partial charge in [-0.2, -0.15) is 26.3 Å². The Balaban J connectivity index is 2.47. The molecule has 0 aliphatic heterocycles. The summed E-state index contributed by atoms with van der Waals surface area (Å²) in [5.41, 5.74) is 2.26. The molecule has 0 amide bonds. The topological polar surface area (TPSA) is 12.4 Å². The Bertz CT molecular complexity index is 905. The van der Waals surface area contributed by atoms with E-state index in [4.69, 9.17) is 0 Å². The minimum absolute atomic E-state index is 0.205. The number of rotatable bonds is 2. The molecule has 0 saturated carbocycles. The lowest BCUT2D eigenvalue weighted by Gasteiger charge is -2.09. The fourth-order valence-corrected chi connectivity index (χ4v) is 2.58. The van der Waals surface area contributed by atoms with Crippen LogP contribution in [0.3, 0.4) is 0 Å². The van der Waals surface area contributed by atoms with E-state index in [1.54, 1.807) is 0 Å². The fourth-order valence-electron chi connectivity index (χ4n) is 2.08. The Hall–Kier alpha value is -2.53. The van der Waals surface area contributed by atoms with Crippen molar-refractivity contribution >= 4 is 19.5 Å². The van der Waals surface area contributed by atoms with Gasteiger partial charge in [0.25, 0.3) is 0 Å². The molecule has 28 heavy (non-hydrogen) atoms. The third kappa shape index (κ3) is 6.27. The van der Waals surface area contributed by atoms with Crippen LogP contribution in [0.25, 0.3) is 0 Å². The maximum atomic E-state index is 12.8. The molecule has 1 nitrogen and oxygen atoms in total. The Morgan fingerprint density at radius 2 is 1.18 bits per heavy atom. The second-order valence-electron chi connectivity index (χ2n) is 7.08. The lowest BCUT2D eigenvalue weighted by Crippen LogP contribution is -2.17. The summed E-state index contributed by atoms with van der Waals surface area (Å²) >= 11 is 0. The largest absolute Gasteiger partial charge is 0.416 e. The number of halogens is 6. The maximum absolute atomic E-state index is 12.8. The van der Waals surface area contributed by atoms with Gasteiger partial charge in [-0.1, -0.05) is 37.7 Å². The molecule has 0 N–H and O–H groups in total. The van der Waals surface area contributed by atoms with Gasteiger partial charge in [0.1, 0.15) is 13.8 Å². The van der Waals surface area contributed by atoms with Gasteiger partial charge in [-0.3, -0.25) is 0 Å². The zero-order valence-corrected chi connectivity index (χ0v) is 16.3. The van der Waals surface area contributed by atoms with Crippen molar-refractivity contribution in [2.24, 2.45) is 4.99 Å². The van der Waals surface area contributed by atoms with Crippen LogP contribution in [0.15, 0.2) is 53.5 Å². The molecule has 0 fully saturated rings. The Morgan fingerprint density at radius 3 is 1.57 bits per heavy atom. The molecule has 0 bridgehead atoms. The van der Waals surface area contributed by atoms with Gasteiger partial charge < -0.3 is 0 Å². The summed E-state index contributed by atoms with van der Waals surface area (Å²) in [6.45, 7) is 5.97.